The Bertz CT molecular complexity index is 1220. The molecule has 0 spiro atoms. The summed E-state index contributed by atoms with van der Waals surface area (Å²) in [5.74, 6) is 0.239. The van der Waals surface area contributed by atoms with Crippen molar-refractivity contribution in [1.29, 1.82) is 0 Å². The van der Waals surface area contributed by atoms with Gasteiger partial charge in [0.2, 0.25) is 0 Å². The number of para-hydroxylation sites is 2. The van der Waals surface area contributed by atoms with Crippen LogP contribution < -0.4 is 10.2 Å². The maximum atomic E-state index is 12.4. The van der Waals surface area contributed by atoms with Crippen molar-refractivity contribution in [2.24, 2.45) is 5.10 Å². The van der Waals surface area contributed by atoms with Gasteiger partial charge in [-0.25, -0.2) is 10.1 Å². The number of hydrogen-bond acceptors (Lipinski definition) is 4. The second-order valence-electron chi connectivity index (χ2n) is 7.00. The van der Waals surface area contributed by atoms with E-state index in [0.717, 1.165) is 27.0 Å². The van der Waals surface area contributed by atoms with Crippen LogP contribution in [0.1, 0.15) is 12.5 Å². The molecule has 1 N–H and O–H groups in total. The van der Waals surface area contributed by atoms with E-state index in [-0.39, 0.29) is 5.91 Å². The number of hydrazone groups is 1. The van der Waals surface area contributed by atoms with E-state index in [1.165, 1.54) is 0 Å². The van der Waals surface area contributed by atoms with Crippen LogP contribution in [0.5, 0.6) is 5.75 Å². The highest BCUT2D eigenvalue weighted by Gasteiger charge is 2.16. The van der Waals surface area contributed by atoms with Gasteiger partial charge in [0.15, 0.2) is 6.10 Å². The molecule has 0 bridgehead atoms. The van der Waals surface area contributed by atoms with Crippen molar-refractivity contribution in [2.75, 3.05) is 0 Å². The molecule has 0 saturated heterocycles. The predicted molar refractivity (Wildman–Crippen MR) is 129 cm³/mol. The van der Waals surface area contributed by atoms with E-state index in [2.05, 4.69) is 26.5 Å². The molecule has 1 atom stereocenters. The molecule has 1 amide bonds. The Hall–Kier alpha value is -3.71. The normalized spacial score (nSPS) is 11.9. The zero-order valence-corrected chi connectivity index (χ0v) is 18.9. The van der Waals surface area contributed by atoms with Gasteiger partial charge in [-0.3, -0.25) is 4.79 Å². The number of aromatic nitrogens is 2. The Morgan fingerprint density at radius 1 is 1.03 bits per heavy atom. The van der Waals surface area contributed by atoms with Gasteiger partial charge in [0.05, 0.1) is 16.4 Å². The molecule has 0 fully saturated rings. The lowest BCUT2D eigenvalue weighted by atomic mass is 10.1. The van der Waals surface area contributed by atoms with Crippen LogP contribution in [0.4, 0.5) is 0 Å². The number of carbonyl (C=O) groups is 1. The number of nitrogens with zero attached hydrogens (tertiary/aromatic N) is 3. The average Bonchev–Trinajstić information content (AvgIpc) is 3.26. The third kappa shape index (κ3) is 5.12. The Labute approximate surface area is 194 Å². The molecule has 32 heavy (non-hydrogen) atoms. The number of hydrogen-bond donors (Lipinski definition) is 1. The molecule has 160 valence electrons. The highest BCUT2D eigenvalue weighted by atomic mass is 79.9. The van der Waals surface area contributed by atoms with Crippen LogP contribution in [0.2, 0.25) is 0 Å². The van der Waals surface area contributed by atoms with Gasteiger partial charge >= 0.3 is 0 Å². The number of carbonyl (C=O) groups excluding carboxylic acids is 1. The molecule has 4 aromatic rings. The van der Waals surface area contributed by atoms with Crippen LogP contribution in [0.15, 0.2) is 101 Å². The summed E-state index contributed by atoms with van der Waals surface area (Å²) in [6.07, 6.45) is 2.76. The van der Waals surface area contributed by atoms with Gasteiger partial charge in [-0.1, -0.05) is 60.7 Å². The average molecular weight is 489 g/mol. The third-order valence-electron chi connectivity index (χ3n) is 4.70. The number of benzene rings is 3. The summed E-state index contributed by atoms with van der Waals surface area (Å²) in [6.45, 7) is 1.67. The van der Waals surface area contributed by atoms with Crippen molar-refractivity contribution >= 4 is 28.1 Å². The minimum absolute atomic E-state index is 0.353. The molecule has 1 heterocycles. The van der Waals surface area contributed by atoms with Crippen molar-refractivity contribution < 1.29 is 9.53 Å². The van der Waals surface area contributed by atoms with Crippen molar-refractivity contribution in [1.82, 2.24) is 15.2 Å². The first-order valence-corrected chi connectivity index (χ1v) is 10.9. The standard InChI is InChI=1S/C25H21BrN4O2/c1-18(32-23-15-9-8-14-22(23)26)25(31)28-27-16-20-17-30(21-12-6-3-7-13-21)29-24(20)19-10-4-2-5-11-19/h2-18H,1H3,(H,28,31)/t18-/m1/s1. The van der Waals surface area contributed by atoms with Gasteiger partial charge in [0.1, 0.15) is 11.4 Å². The van der Waals surface area contributed by atoms with E-state index >= 15 is 0 Å². The smallest absolute Gasteiger partial charge is 0.280 e. The van der Waals surface area contributed by atoms with Crippen LogP contribution in [0.25, 0.3) is 16.9 Å². The third-order valence-corrected chi connectivity index (χ3v) is 5.35. The molecule has 0 aliphatic rings. The number of rotatable bonds is 7. The van der Waals surface area contributed by atoms with Crippen LogP contribution in [-0.2, 0) is 4.79 Å². The quantitative estimate of drug-likeness (QED) is 0.286. The van der Waals surface area contributed by atoms with Crippen LogP contribution >= 0.6 is 15.9 Å². The second-order valence-corrected chi connectivity index (χ2v) is 7.86. The summed E-state index contributed by atoms with van der Waals surface area (Å²) in [7, 11) is 0. The molecule has 3 aromatic carbocycles. The molecule has 0 saturated carbocycles. The topological polar surface area (TPSA) is 68.5 Å². The van der Waals surface area contributed by atoms with Crippen LogP contribution in [0, 0.1) is 0 Å². The number of ether oxygens (including phenoxy) is 1. The molecule has 1 aromatic heterocycles. The fourth-order valence-electron chi connectivity index (χ4n) is 3.06. The summed E-state index contributed by atoms with van der Waals surface area (Å²) in [5.41, 5.74) is 5.99. The first kappa shape index (κ1) is 21.5. The van der Waals surface area contributed by atoms with Gasteiger partial charge in [-0.15, -0.1) is 0 Å². The van der Waals surface area contributed by atoms with E-state index in [0.29, 0.717) is 5.75 Å². The van der Waals surface area contributed by atoms with Crippen molar-refractivity contribution in [2.45, 2.75) is 13.0 Å². The van der Waals surface area contributed by atoms with E-state index in [4.69, 9.17) is 9.84 Å². The van der Waals surface area contributed by atoms with E-state index < -0.39 is 6.10 Å². The first-order valence-electron chi connectivity index (χ1n) is 10.1. The number of halogens is 1. The highest BCUT2D eigenvalue weighted by Crippen LogP contribution is 2.25. The molecular weight excluding hydrogens is 468 g/mol. The van der Waals surface area contributed by atoms with Gasteiger partial charge in [0, 0.05) is 17.3 Å². The lowest BCUT2D eigenvalue weighted by molar-refractivity contribution is -0.127. The van der Waals surface area contributed by atoms with E-state index in [9.17, 15) is 4.79 Å². The summed E-state index contributed by atoms with van der Waals surface area (Å²) >= 11 is 3.41. The Morgan fingerprint density at radius 3 is 2.41 bits per heavy atom. The summed E-state index contributed by atoms with van der Waals surface area (Å²) < 4.78 is 8.29. The molecule has 0 radical (unpaired) electrons. The summed E-state index contributed by atoms with van der Waals surface area (Å²) in [6, 6.07) is 27.1. The Morgan fingerprint density at radius 2 is 1.69 bits per heavy atom. The monoisotopic (exact) mass is 488 g/mol. The lowest BCUT2D eigenvalue weighted by Gasteiger charge is -2.13. The number of nitrogens with one attached hydrogen (secondary N) is 1. The predicted octanol–water partition coefficient (Wildman–Crippen LogP) is 5.22. The molecule has 4 rings (SSSR count). The zero-order chi connectivity index (χ0) is 22.3. The molecule has 0 unspecified atom stereocenters. The molecule has 7 heteroatoms. The van der Waals surface area contributed by atoms with Crippen molar-refractivity contribution in [3.05, 3.63) is 101 Å². The summed E-state index contributed by atoms with van der Waals surface area (Å²) in [5, 5.41) is 8.88. The second kappa shape index (κ2) is 10.1. The van der Waals surface area contributed by atoms with E-state index in [1.807, 2.05) is 85.1 Å². The Balaban J connectivity index is 1.52. The minimum atomic E-state index is -0.716. The fraction of sp³-hybridized carbons (Fsp3) is 0.0800. The highest BCUT2D eigenvalue weighted by molar-refractivity contribution is 9.10. The SMILES string of the molecule is C[C@@H](Oc1ccccc1Br)C(=O)NN=Cc1cn(-c2ccccc2)nc1-c1ccccc1. The van der Waals surface area contributed by atoms with E-state index in [1.54, 1.807) is 23.9 Å². The van der Waals surface area contributed by atoms with Gasteiger partial charge in [0.25, 0.3) is 5.91 Å². The van der Waals surface area contributed by atoms with Gasteiger partial charge in [-0.2, -0.15) is 10.2 Å². The maximum absolute atomic E-state index is 12.4. The fourth-order valence-corrected chi connectivity index (χ4v) is 3.43. The van der Waals surface area contributed by atoms with Gasteiger partial charge < -0.3 is 4.74 Å². The molecular formula is C25H21BrN4O2. The summed E-state index contributed by atoms with van der Waals surface area (Å²) in [4.78, 5) is 12.4. The van der Waals surface area contributed by atoms with Gasteiger partial charge in [-0.05, 0) is 47.1 Å². The molecule has 0 aliphatic carbocycles. The number of amides is 1. The molecule has 6 nitrogen and oxygen atoms in total. The lowest BCUT2D eigenvalue weighted by Crippen LogP contribution is -2.33. The molecule has 0 aliphatic heterocycles. The van der Waals surface area contributed by atoms with Crippen molar-refractivity contribution in [3.63, 3.8) is 0 Å². The van der Waals surface area contributed by atoms with Crippen LogP contribution in [0.3, 0.4) is 0 Å². The van der Waals surface area contributed by atoms with Crippen LogP contribution in [-0.4, -0.2) is 28.0 Å². The van der Waals surface area contributed by atoms with Crippen molar-refractivity contribution in [3.8, 4) is 22.7 Å². The minimum Gasteiger partial charge on any atom is -0.480 e. The zero-order valence-electron chi connectivity index (χ0n) is 17.4. The first-order chi connectivity index (χ1) is 15.6. The maximum Gasteiger partial charge on any atom is 0.280 e. The largest absolute Gasteiger partial charge is 0.480 e. The Kier molecular flexibility index (Phi) is 6.77.